The van der Waals surface area contributed by atoms with Crippen molar-refractivity contribution >= 4 is 32.6 Å². The topological polar surface area (TPSA) is 39.2 Å². The molecule has 0 radical (unpaired) electrons. The van der Waals surface area contributed by atoms with Crippen LogP contribution in [0.5, 0.6) is 5.75 Å². The molecule has 4 heteroatoms. The molecule has 0 saturated heterocycles. The number of benzene rings is 2. The molecule has 3 aromatic rings. The lowest BCUT2D eigenvalue weighted by atomic mass is 10.1. The molecule has 104 valence electrons. The molecule has 0 N–H and O–H groups in total. The number of nitrogens with zero attached hydrogens (tertiary/aromatic N) is 1. The molecule has 21 heavy (non-hydrogen) atoms. The van der Waals surface area contributed by atoms with E-state index in [1.165, 1.54) is 0 Å². The fourth-order valence-electron chi connectivity index (χ4n) is 2.00. The van der Waals surface area contributed by atoms with Crippen LogP contribution >= 0.6 is 15.9 Å². The zero-order valence-corrected chi connectivity index (χ0v) is 12.7. The van der Waals surface area contributed by atoms with Gasteiger partial charge in [-0.05, 0) is 30.3 Å². The van der Waals surface area contributed by atoms with E-state index in [0.29, 0.717) is 11.3 Å². The lowest BCUT2D eigenvalue weighted by Crippen LogP contribution is -2.11. The minimum atomic E-state index is -0.0522. The molecule has 0 aliphatic rings. The molecule has 0 amide bonds. The van der Waals surface area contributed by atoms with Crippen molar-refractivity contribution in [3.05, 3.63) is 70.8 Å². The standard InChI is InChI=1S/C17H12BrNO2/c18-14-6-3-13(4-7-14)17(20)11-21-15-8-5-12-2-1-9-19-16(12)10-15/h1-10H,11H2. The Kier molecular flexibility index (Phi) is 3.97. The first-order valence-corrected chi connectivity index (χ1v) is 7.28. The number of rotatable bonds is 4. The molecule has 0 unspecified atom stereocenters. The number of hydrogen-bond donors (Lipinski definition) is 0. The lowest BCUT2D eigenvalue weighted by Gasteiger charge is -2.06. The van der Waals surface area contributed by atoms with Gasteiger partial charge in [-0.1, -0.05) is 34.1 Å². The molecule has 0 atom stereocenters. The third-order valence-corrected chi connectivity index (χ3v) is 3.64. The van der Waals surface area contributed by atoms with E-state index in [1.54, 1.807) is 18.3 Å². The van der Waals surface area contributed by atoms with E-state index in [-0.39, 0.29) is 12.4 Å². The molecule has 0 saturated carbocycles. The van der Waals surface area contributed by atoms with Crippen LogP contribution < -0.4 is 4.74 Å². The third kappa shape index (κ3) is 3.28. The summed E-state index contributed by atoms with van der Waals surface area (Å²) in [5.74, 6) is 0.593. The average molecular weight is 342 g/mol. The zero-order valence-electron chi connectivity index (χ0n) is 11.1. The maximum absolute atomic E-state index is 12.0. The smallest absolute Gasteiger partial charge is 0.200 e. The number of hydrogen-bond acceptors (Lipinski definition) is 3. The maximum Gasteiger partial charge on any atom is 0.200 e. The first-order chi connectivity index (χ1) is 10.2. The first-order valence-electron chi connectivity index (χ1n) is 6.49. The summed E-state index contributed by atoms with van der Waals surface area (Å²) < 4.78 is 6.50. The SMILES string of the molecule is O=C(COc1ccc2cccnc2c1)c1ccc(Br)cc1. The van der Waals surface area contributed by atoms with Gasteiger partial charge >= 0.3 is 0 Å². The van der Waals surface area contributed by atoms with Gasteiger partial charge in [-0.25, -0.2) is 0 Å². The van der Waals surface area contributed by atoms with E-state index in [1.807, 2.05) is 42.5 Å². The largest absolute Gasteiger partial charge is 0.485 e. The van der Waals surface area contributed by atoms with E-state index in [4.69, 9.17) is 4.74 Å². The Hall–Kier alpha value is -2.20. The Morgan fingerprint density at radius 2 is 1.90 bits per heavy atom. The molecule has 1 heterocycles. The fourth-order valence-corrected chi connectivity index (χ4v) is 2.27. The summed E-state index contributed by atoms with van der Waals surface area (Å²) in [6, 6.07) is 16.7. The van der Waals surface area contributed by atoms with Crippen LogP contribution in [0.15, 0.2) is 65.3 Å². The van der Waals surface area contributed by atoms with Crippen LogP contribution in [0.4, 0.5) is 0 Å². The molecule has 0 spiro atoms. The van der Waals surface area contributed by atoms with Gasteiger partial charge in [-0.15, -0.1) is 0 Å². The average Bonchev–Trinajstić information content (AvgIpc) is 2.53. The molecule has 0 aliphatic carbocycles. The Morgan fingerprint density at radius 3 is 2.71 bits per heavy atom. The molecule has 1 aromatic heterocycles. The van der Waals surface area contributed by atoms with Crippen molar-refractivity contribution in [1.82, 2.24) is 4.98 Å². The van der Waals surface area contributed by atoms with Gasteiger partial charge in [0.15, 0.2) is 12.4 Å². The lowest BCUT2D eigenvalue weighted by molar-refractivity contribution is 0.0921. The summed E-state index contributed by atoms with van der Waals surface area (Å²) in [7, 11) is 0. The predicted molar refractivity (Wildman–Crippen MR) is 85.7 cm³/mol. The van der Waals surface area contributed by atoms with E-state index in [9.17, 15) is 4.79 Å². The van der Waals surface area contributed by atoms with Gasteiger partial charge in [-0.3, -0.25) is 9.78 Å². The maximum atomic E-state index is 12.0. The van der Waals surface area contributed by atoms with Crippen molar-refractivity contribution < 1.29 is 9.53 Å². The number of aromatic nitrogens is 1. The Morgan fingerprint density at radius 1 is 1.10 bits per heavy atom. The molecule has 3 nitrogen and oxygen atoms in total. The highest BCUT2D eigenvalue weighted by molar-refractivity contribution is 9.10. The third-order valence-electron chi connectivity index (χ3n) is 3.11. The minimum absolute atomic E-state index is 0.0139. The first kappa shape index (κ1) is 13.8. The van der Waals surface area contributed by atoms with E-state index >= 15 is 0 Å². The highest BCUT2D eigenvalue weighted by atomic mass is 79.9. The monoisotopic (exact) mass is 341 g/mol. The molecular formula is C17H12BrNO2. The second-order valence-electron chi connectivity index (χ2n) is 4.58. The second-order valence-corrected chi connectivity index (χ2v) is 5.49. The van der Waals surface area contributed by atoms with Crippen LogP contribution in [0.2, 0.25) is 0 Å². The van der Waals surface area contributed by atoms with Crippen molar-refractivity contribution in [3.8, 4) is 5.75 Å². The normalized spacial score (nSPS) is 10.5. The summed E-state index contributed by atoms with van der Waals surface area (Å²) in [6.45, 7) is 0.0139. The molecule has 2 aromatic carbocycles. The number of ether oxygens (including phenoxy) is 1. The number of carbonyl (C=O) groups is 1. The number of halogens is 1. The van der Waals surface area contributed by atoms with E-state index < -0.39 is 0 Å². The summed E-state index contributed by atoms with van der Waals surface area (Å²) >= 11 is 3.34. The Balaban J connectivity index is 1.71. The number of fused-ring (bicyclic) bond motifs is 1. The van der Waals surface area contributed by atoms with Crippen LogP contribution in [0.1, 0.15) is 10.4 Å². The number of Topliss-reactive ketones (excluding diaryl/α,β-unsaturated/α-hetero) is 1. The van der Waals surface area contributed by atoms with Crippen LogP contribution in [-0.4, -0.2) is 17.4 Å². The summed E-state index contributed by atoms with van der Waals surface area (Å²) in [6.07, 6.45) is 1.74. The molecule has 3 rings (SSSR count). The van der Waals surface area contributed by atoms with Crippen molar-refractivity contribution in [2.75, 3.05) is 6.61 Å². The van der Waals surface area contributed by atoms with Gasteiger partial charge < -0.3 is 4.74 Å². The van der Waals surface area contributed by atoms with Crippen LogP contribution in [0.3, 0.4) is 0 Å². The molecule has 0 fully saturated rings. The summed E-state index contributed by atoms with van der Waals surface area (Å²) in [5.41, 5.74) is 1.49. The zero-order chi connectivity index (χ0) is 14.7. The Labute approximate surface area is 130 Å². The van der Waals surface area contributed by atoms with Crippen molar-refractivity contribution in [2.24, 2.45) is 0 Å². The molecule has 0 bridgehead atoms. The van der Waals surface area contributed by atoms with E-state index in [2.05, 4.69) is 20.9 Å². The van der Waals surface area contributed by atoms with Gasteiger partial charge in [0.2, 0.25) is 0 Å². The van der Waals surface area contributed by atoms with Gasteiger partial charge in [-0.2, -0.15) is 0 Å². The highest BCUT2D eigenvalue weighted by Crippen LogP contribution is 2.19. The Bertz CT molecular complexity index is 784. The van der Waals surface area contributed by atoms with Crippen molar-refractivity contribution in [3.63, 3.8) is 0 Å². The minimum Gasteiger partial charge on any atom is -0.485 e. The van der Waals surface area contributed by atoms with Crippen molar-refractivity contribution in [1.29, 1.82) is 0 Å². The van der Waals surface area contributed by atoms with Gasteiger partial charge in [0, 0.05) is 27.7 Å². The van der Waals surface area contributed by atoms with Crippen LogP contribution in [0.25, 0.3) is 10.9 Å². The quantitative estimate of drug-likeness (QED) is 0.665. The van der Waals surface area contributed by atoms with Crippen molar-refractivity contribution in [2.45, 2.75) is 0 Å². The van der Waals surface area contributed by atoms with Gasteiger partial charge in [0.1, 0.15) is 5.75 Å². The second kappa shape index (κ2) is 6.06. The van der Waals surface area contributed by atoms with Crippen LogP contribution in [0, 0.1) is 0 Å². The molecular weight excluding hydrogens is 330 g/mol. The summed E-state index contributed by atoms with van der Waals surface area (Å²) in [5, 5.41) is 1.05. The highest BCUT2D eigenvalue weighted by Gasteiger charge is 2.07. The summed E-state index contributed by atoms with van der Waals surface area (Å²) in [4.78, 5) is 16.3. The molecule has 0 aliphatic heterocycles. The number of ketones is 1. The predicted octanol–water partition coefficient (Wildman–Crippen LogP) is 4.26. The van der Waals surface area contributed by atoms with Gasteiger partial charge in [0.05, 0.1) is 5.52 Å². The van der Waals surface area contributed by atoms with Gasteiger partial charge in [0.25, 0.3) is 0 Å². The fraction of sp³-hybridized carbons (Fsp3) is 0.0588. The van der Waals surface area contributed by atoms with E-state index in [0.717, 1.165) is 15.4 Å². The van der Waals surface area contributed by atoms with Crippen LogP contribution in [-0.2, 0) is 0 Å². The number of carbonyl (C=O) groups excluding carboxylic acids is 1. The number of pyridine rings is 1.